The number of nitrogens with zero attached hydrogens (tertiary/aromatic N) is 3. The van der Waals surface area contributed by atoms with Gasteiger partial charge in [-0.3, -0.25) is 9.89 Å². The number of likely N-dealkylation sites (N-methyl/N-ethyl adjacent to an activating group) is 1. The number of hydrogen-bond acceptors (Lipinski definition) is 4. The van der Waals surface area contributed by atoms with E-state index in [-0.39, 0.29) is 5.91 Å². The largest absolute Gasteiger partial charge is 0.351 e. The third-order valence-electron chi connectivity index (χ3n) is 3.72. The van der Waals surface area contributed by atoms with Gasteiger partial charge in [0.15, 0.2) is 0 Å². The minimum absolute atomic E-state index is 0.0889. The number of amides is 1. The quantitative estimate of drug-likeness (QED) is 0.743. The van der Waals surface area contributed by atoms with Gasteiger partial charge < -0.3 is 15.1 Å². The molecule has 2 N–H and O–H groups in total. The highest BCUT2D eigenvalue weighted by Crippen LogP contribution is 2.02. The van der Waals surface area contributed by atoms with Crippen molar-refractivity contribution in [1.29, 1.82) is 0 Å². The van der Waals surface area contributed by atoms with Gasteiger partial charge in [-0.2, -0.15) is 5.10 Å². The molecule has 1 saturated heterocycles. The maximum atomic E-state index is 11.7. The fourth-order valence-corrected chi connectivity index (χ4v) is 2.36. The molecule has 20 heavy (non-hydrogen) atoms. The lowest BCUT2D eigenvalue weighted by Crippen LogP contribution is -2.44. The molecule has 0 atom stereocenters. The van der Waals surface area contributed by atoms with E-state index in [0.717, 1.165) is 57.8 Å². The molecule has 112 valence electrons. The smallest absolute Gasteiger partial charge is 0.271 e. The van der Waals surface area contributed by atoms with Crippen LogP contribution in [0.4, 0.5) is 0 Å². The molecule has 1 aliphatic rings. The Hall–Kier alpha value is -1.40. The second-order valence-electron chi connectivity index (χ2n) is 5.54. The van der Waals surface area contributed by atoms with E-state index in [1.165, 1.54) is 0 Å². The molecule has 0 saturated carbocycles. The Morgan fingerprint density at radius 2 is 2.10 bits per heavy atom. The molecular formula is C14H25N5O. The van der Waals surface area contributed by atoms with Crippen LogP contribution >= 0.6 is 0 Å². The van der Waals surface area contributed by atoms with Crippen molar-refractivity contribution >= 4 is 5.91 Å². The number of hydrogen-bond donors (Lipinski definition) is 2. The lowest BCUT2D eigenvalue weighted by atomic mass is 10.2. The highest BCUT2D eigenvalue weighted by Gasteiger charge is 2.13. The van der Waals surface area contributed by atoms with Crippen LogP contribution in [-0.2, 0) is 0 Å². The molecule has 0 bridgehead atoms. The van der Waals surface area contributed by atoms with Gasteiger partial charge in [0.2, 0.25) is 0 Å². The number of aryl methyl sites for hydroxylation is 1. The predicted octanol–water partition coefficient (Wildman–Crippen LogP) is 0.476. The summed E-state index contributed by atoms with van der Waals surface area (Å²) >= 11 is 0. The van der Waals surface area contributed by atoms with Crippen molar-refractivity contribution in [3.8, 4) is 0 Å². The molecule has 0 aromatic carbocycles. The lowest BCUT2D eigenvalue weighted by Gasteiger charge is -2.32. The van der Waals surface area contributed by atoms with Gasteiger partial charge >= 0.3 is 0 Å². The molecule has 1 aliphatic heterocycles. The molecular weight excluding hydrogens is 254 g/mol. The third-order valence-corrected chi connectivity index (χ3v) is 3.72. The van der Waals surface area contributed by atoms with E-state index >= 15 is 0 Å². The number of carbonyl (C=O) groups excluding carboxylic acids is 1. The molecule has 1 aromatic rings. The number of piperazine rings is 1. The Bertz CT molecular complexity index is 423. The Labute approximate surface area is 120 Å². The average molecular weight is 279 g/mol. The van der Waals surface area contributed by atoms with E-state index in [1.807, 2.05) is 6.92 Å². The molecule has 1 aromatic heterocycles. The summed E-state index contributed by atoms with van der Waals surface area (Å²) in [5, 5.41) is 9.63. The van der Waals surface area contributed by atoms with Gasteiger partial charge in [-0.05, 0) is 39.4 Å². The zero-order valence-corrected chi connectivity index (χ0v) is 12.5. The molecule has 2 heterocycles. The summed E-state index contributed by atoms with van der Waals surface area (Å²) in [5.41, 5.74) is 1.38. The standard InChI is InChI=1S/C14H25N5O/c1-12-11-13(17-16-12)14(20)15-5-3-4-6-19-9-7-18(2)8-10-19/h11H,3-10H2,1-2H3,(H,15,20)(H,16,17). The van der Waals surface area contributed by atoms with E-state index in [9.17, 15) is 4.79 Å². The maximum absolute atomic E-state index is 11.7. The first kappa shape index (κ1) is 15.0. The highest BCUT2D eigenvalue weighted by molar-refractivity contribution is 5.92. The lowest BCUT2D eigenvalue weighted by molar-refractivity contribution is 0.0947. The number of carbonyl (C=O) groups is 1. The number of H-pyrrole nitrogens is 1. The molecule has 0 radical (unpaired) electrons. The topological polar surface area (TPSA) is 64.3 Å². The van der Waals surface area contributed by atoms with Crippen LogP contribution in [-0.4, -0.2) is 72.2 Å². The van der Waals surface area contributed by atoms with Gasteiger partial charge in [-0.1, -0.05) is 0 Å². The second-order valence-corrected chi connectivity index (χ2v) is 5.54. The number of nitrogens with one attached hydrogen (secondary N) is 2. The predicted molar refractivity (Wildman–Crippen MR) is 78.8 cm³/mol. The number of aromatic nitrogens is 2. The van der Waals surface area contributed by atoms with E-state index < -0.39 is 0 Å². The Morgan fingerprint density at radius 3 is 2.75 bits per heavy atom. The van der Waals surface area contributed by atoms with Gasteiger partial charge in [0.1, 0.15) is 5.69 Å². The van der Waals surface area contributed by atoms with E-state index in [0.29, 0.717) is 5.69 Å². The van der Waals surface area contributed by atoms with Crippen LogP contribution in [0.25, 0.3) is 0 Å². The third kappa shape index (κ3) is 4.61. The summed E-state index contributed by atoms with van der Waals surface area (Å²) in [4.78, 5) is 16.6. The number of rotatable bonds is 6. The van der Waals surface area contributed by atoms with Crippen LogP contribution in [0.1, 0.15) is 29.0 Å². The van der Waals surface area contributed by atoms with Crippen molar-refractivity contribution in [2.24, 2.45) is 0 Å². The zero-order chi connectivity index (χ0) is 14.4. The molecule has 1 amide bonds. The molecule has 0 aliphatic carbocycles. The minimum Gasteiger partial charge on any atom is -0.351 e. The van der Waals surface area contributed by atoms with Gasteiger partial charge in [0.25, 0.3) is 5.91 Å². The van der Waals surface area contributed by atoms with Crippen molar-refractivity contribution in [3.05, 3.63) is 17.5 Å². The molecule has 6 nitrogen and oxygen atoms in total. The molecule has 0 unspecified atom stereocenters. The summed E-state index contributed by atoms with van der Waals surface area (Å²) in [5.74, 6) is -0.0889. The van der Waals surface area contributed by atoms with Crippen LogP contribution in [0.3, 0.4) is 0 Å². The van der Waals surface area contributed by atoms with Crippen molar-refractivity contribution in [1.82, 2.24) is 25.3 Å². The molecule has 2 rings (SSSR count). The molecule has 1 fully saturated rings. The SMILES string of the molecule is Cc1cc(C(=O)NCCCCN2CCN(C)CC2)n[nH]1. The average Bonchev–Trinajstić information content (AvgIpc) is 2.87. The summed E-state index contributed by atoms with van der Waals surface area (Å²) < 4.78 is 0. The van der Waals surface area contributed by atoms with Crippen molar-refractivity contribution < 1.29 is 4.79 Å². The van der Waals surface area contributed by atoms with Crippen LogP contribution in [0.15, 0.2) is 6.07 Å². The number of aromatic amines is 1. The highest BCUT2D eigenvalue weighted by atomic mass is 16.1. The van der Waals surface area contributed by atoms with Crippen molar-refractivity contribution in [3.63, 3.8) is 0 Å². The van der Waals surface area contributed by atoms with Gasteiger partial charge in [-0.25, -0.2) is 0 Å². The van der Waals surface area contributed by atoms with Crippen LogP contribution in [0.5, 0.6) is 0 Å². The van der Waals surface area contributed by atoms with E-state index in [4.69, 9.17) is 0 Å². The summed E-state index contributed by atoms with van der Waals surface area (Å²) in [7, 11) is 2.17. The molecule has 6 heteroatoms. The van der Waals surface area contributed by atoms with Gasteiger partial charge in [0.05, 0.1) is 0 Å². The van der Waals surface area contributed by atoms with E-state index in [1.54, 1.807) is 6.07 Å². The van der Waals surface area contributed by atoms with Gasteiger partial charge in [0, 0.05) is 38.4 Å². The summed E-state index contributed by atoms with van der Waals surface area (Å²) in [6.07, 6.45) is 2.14. The van der Waals surface area contributed by atoms with Crippen molar-refractivity contribution in [2.75, 3.05) is 46.3 Å². The first-order valence-electron chi connectivity index (χ1n) is 7.36. The monoisotopic (exact) mass is 279 g/mol. The van der Waals surface area contributed by atoms with Crippen LogP contribution in [0.2, 0.25) is 0 Å². The fourth-order valence-electron chi connectivity index (χ4n) is 2.36. The van der Waals surface area contributed by atoms with Crippen LogP contribution in [0, 0.1) is 6.92 Å². The van der Waals surface area contributed by atoms with Gasteiger partial charge in [-0.15, -0.1) is 0 Å². The first-order chi connectivity index (χ1) is 9.65. The normalized spacial score (nSPS) is 17.3. The summed E-state index contributed by atoms with van der Waals surface area (Å²) in [6.45, 7) is 8.39. The minimum atomic E-state index is -0.0889. The maximum Gasteiger partial charge on any atom is 0.271 e. The number of unbranched alkanes of at least 4 members (excludes halogenated alkanes) is 1. The second kappa shape index (κ2) is 7.40. The first-order valence-corrected chi connectivity index (χ1v) is 7.36. The van der Waals surface area contributed by atoms with Crippen LogP contribution < -0.4 is 5.32 Å². The Kier molecular flexibility index (Phi) is 5.55. The Balaban J connectivity index is 1.54. The zero-order valence-electron chi connectivity index (χ0n) is 12.5. The fraction of sp³-hybridized carbons (Fsp3) is 0.714. The summed E-state index contributed by atoms with van der Waals surface area (Å²) in [6, 6.07) is 1.76. The van der Waals surface area contributed by atoms with Crippen molar-refractivity contribution in [2.45, 2.75) is 19.8 Å². The van der Waals surface area contributed by atoms with E-state index in [2.05, 4.69) is 32.4 Å². The molecule has 0 spiro atoms. The Morgan fingerprint density at radius 1 is 1.35 bits per heavy atom.